The fraction of sp³-hybridized carbons (Fsp3) is 0.308. The minimum atomic E-state index is -3.67. The first-order chi connectivity index (χ1) is 9.18. The maximum atomic E-state index is 12.1. The number of anilines is 2. The summed E-state index contributed by atoms with van der Waals surface area (Å²) < 4.78 is 29.2. The average Bonchev–Trinajstić information content (AvgIpc) is 2.30. The lowest BCUT2D eigenvalue weighted by molar-refractivity contribution is 0.494. The Morgan fingerprint density at radius 1 is 1.20 bits per heavy atom. The molecule has 0 atom stereocenters. The van der Waals surface area contributed by atoms with Gasteiger partial charge in [-0.3, -0.25) is 9.71 Å². The number of hydrogen-bond acceptors (Lipinski definition) is 4. The number of aromatic nitrogens is 1. The predicted molar refractivity (Wildman–Crippen MR) is 81.6 cm³/mol. The summed E-state index contributed by atoms with van der Waals surface area (Å²) in [7, 11) is -3.67. The van der Waals surface area contributed by atoms with Crippen LogP contribution in [0.5, 0.6) is 0 Å². The van der Waals surface area contributed by atoms with E-state index in [-0.39, 0.29) is 0 Å². The van der Waals surface area contributed by atoms with Crippen molar-refractivity contribution in [2.75, 3.05) is 10.5 Å². The molecule has 0 amide bonds. The van der Waals surface area contributed by atoms with Crippen molar-refractivity contribution in [2.45, 2.75) is 26.3 Å². The molecule has 2 aromatic rings. The highest BCUT2D eigenvalue weighted by Crippen LogP contribution is 2.27. The molecule has 0 saturated carbocycles. The molecule has 1 aromatic carbocycles. The van der Waals surface area contributed by atoms with Gasteiger partial charge in [-0.05, 0) is 45.0 Å². The van der Waals surface area contributed by atoms with Crippen molar-refractivity contribution in [3.05, 3.63) is 30.5 Å². The van der Waals surface area contributed by atoms with E-state index >= 15 is 0 Å². The first-order valence-electron chi connectivity index (χ1n) is 6.13. The largest absolute Gasteiger partial charge is 0.397 e. The molecule has 0 radical (unpaired) electrons. The Balaban J connectivity index is 2.43. The van der Waals surface area contributed by atoms with Crippen molar-refractivity contribution < 1.29 is 8.42 Å². The lowest BCUT2D eigenvalue weighted by Gasteiger charge is -2.21. The van der Waals surface area contributed by atoms with E-state index in [1.807, 2.05) is 0 Å². The summed E-state index contributed by atoms with van der Waals surface area (Å²) >= 11 is 0. The van der Waals surface area contributed by atoms with Crippen LogP contribution in [0.25, 0.3) is 10.9 Å². The third-order valence-corrected chi connectivity index (χ3v) is 3.86. The van der Waals surface area contributed by atoms with Crippen LogP contribution in [0.15, 0.2) is 30.5 Å². The maximum absolute atomic E-state index is 12.1. The smallest absolute Gasteiger partial charge is 0.299 e. The molecule has 20 heavy (non-hydrogen) atoms. The highest BCUT2D eigenvalue weighted by molar-refractivity contribution is 7.90. The SMILES string of the molecule is CC(C)(C)NS(=O)(=O)Nc1ccc(N)c2ncccc12. The van der Waals surface area contributed by atoms with Gasteiger partial charge in [0.2, 0.25) is 0 Å². The first-order valence-corrected chi connectivity index (χ1v) is 7.61. The molecule has 0 saturated heterocycles. The molecule has 0 spiro atoms. The van der Waals surface area contributed by atoms with E-state index in [1.54, 1.807) is 51.2 Å². The summed E-state index contributed by atoms with van der Waals surface area (Å²) in [6, 6.07) is 6.76. The van der Waals surface area contributed by atoms with Crippen LogP contribution in [0, 0.1) is 0 Å². The minimum Gasteiger partial charge on any atom is -0.397 e. The molecule has 108 valence electrons. The van der Waals surface area contributed by atoms with E-state index < -0.39 is 15.7 Å². The van der Waals surface area contributed by atoms with Gasteiger partial charge in [-0.25, -0.2) is 0 Å². The molecule has 0 aliphatic carbocycles. The molecule has 1 aromatic heterocycles. The van der Waals surface area contributed by atoms with Crippen molar-refractivity contribution in [3.8, 4) is 0 Å². The average molecular weight is 294 g/mol. The van der Waals surface area contributed by atoms with Crippen LogP contribution in [0.4, 0.5) is 11.4 Å². The Morgan fingerprint density at radius 2 is 1.90 bits per heavy atom. The van der Waals surface area contributed by atoms with Crippen molar-refractivity contribution in [1.82, 2.24) is 9.71 Å². The van der Waals surface area contributed by atoms with Gasteiger partial charge in [0, 0.05) is 17.1 Å². The van der Waals surface area contributed by atoms with Gasteiger partial charge in [0.1, 0.15) is 0 Å². The lowest BCUT2D eigenvalue weighted by Crippen LogP contribution is -2.43. The van der Waals surface area contributed by atoms with Crippen molar-refractivity contribution >= 4 is 32.5 Å². The first kappa shape index (κ1) is 14.5. The van der Waals surface area contributed by atoms with Crippen LogP contribution >= 0.6 is 0 Å². The number of hydrogen-bond donors (Lipinski definition) is 3. The van der Waals surface area contributed by atoms with Crippen molar-refractivity contribution in [3.63, 3.8) is 0 Å². The standard InChI is InChI=1S/C13H18N4O2S/c1-13(2,3)17-20(18,19)16-11-7-6-10(14)12-9(11)5-4-8-15-12/h4-8,16-17H,14H2,1-3H3. The topological polar surface area (TPSA) is 97.1 Å². The minimum absolute atomic E-state index is 0.444. The van der Waals surface area contributed by atoms with E-state index in [9.17, 15) is 8.42 Å². The van der Waals surface area contributed by atoms with E-state index in [4.69, 9.17) is 5.73 Å². The van der Waals surface area contributed by atoms with Gasteiger partial charge in [-0.15, -0.1) is 0 Å². The molecular weight excluding hydrogens is 276 g/mol. The Morgan fingerprint density at radius 3 is 2.55 bits per heavy atom. The van der Waals surface area contributed by atoms with Gasteiger partial charge in [0.05, 0.1) is 16.9 Å². The van der Waals surface area contributed by atoms with Crippen LogP contribution < -0.4 is 15.2 Å². The number of rotatable bonds is 3. The normalized spacial score (nSPS) is 12.6. The summed E-state index contributed by atoms with van der Waals surface area (Å²) in [5.41, 5.74) is 6.80. The molecule has 6 nitrogen and oxygen atoms in total. The zero-order chi connectivity index (χ0) is 15.0. The number of fused-ring (bicyclic) bond motifs is 1. The van der Waals surface area contributed by atoms with Crippen LogP contribution in [0.3, 0.4) is 0 Å². The van der Waals surface area contributed by atoms with Crippen LogP contribution in [-0.4, -0.2) is 18.9 Å². The Hall–Kier alpha value is -1.86. The summed E-state index contributed by atoms with van der Waals surface area (Å²) in [4.78, 5) is 4.17. The maximum Gasteiger partial charge on any atom is 0.299 e. The van der Waals surface area contributed by atoms with Gasteiger partial charge in [-0.2, -0.15) is 13.1 Å². The second-order valence-corrected chi connectivity index (χ2v) is 6.97. The number of benzene rings is 1. The van der Waals surface area contributed by atoms with Gasteiger partial charge < -0.3 is 5.73 Å². The number of nitrogens with zero attached hydrogens (tertiary/aromatic N) is 1. The number of nitrogen functional groups attached to an aromatic ring is 1. The molecule has 0 bridgehead atoms. The molecular formula is C13H18N4O2S. The second-order valence-electron chi connectivity index (χ2n) is 5.56. The third kappa shape index (κ3) is 3.37. The third-order valence-electron chi connectivity index (χ3n) is 2.49. The van der Waals surface area contributed by atoms with Crippen LogP contribution in [0.2, 0.25) is 0 Å². The van der Waals surface area contributed by atoms with Gasteiger partial charge in [0.25, 0.3) is 10.2 Å². The Bertz CT molecular complexity index is 736. The fourth-order valence-corrected chi connectivity index (χ4v) is 3.18. The van der Waals surface area contributed by atoms with E-state index in [1.165, 1.54) is 0 Å². The monoisotopic (exact) mass is 294 g/mol. The predicted octanol–water partition coefficient (Wildman–Crippen LogP) is 1.86. The van der Waals surface area contributed by atoms with Gasteiger partial charge in [-0.1, -0.05) is 0 Å². The summed E-state index contributed by atoms with van der Waals surface area (Å²) in [6.45, 7) is 5.32. The summed E-state index contributed by atoms with van der Waals surface area (Å²) in [6.07, 6.45) is 1.62. The summed E-state index contributed by atoms with van der Waals surface area (Å²) in [5.74, 6) is 0. The zero-order valence-electron chi connectivity index (χ0n) is 11.6. The van der Waals surface area contributed by atoms with Crippen LogP contribution in [-0.2, 0) is 10.2 Å². The number of nitrogens with one attached hydrogen (secondary N) is 2. The van der Waals surface area contributed by atoms with Crippen molar-refractivity contribution in [2.24, 2.45) is 0 Å². The number of nitrogens with two attached hydrogens (primary N) is 1. The van der Waals surface area contributed by atoms with Crippen LogP contribution in [0.1, 0.15) is 20.8 Å². The molecule has 0 aliphatic rings. The lowest BCUT2D eigenvalue weighted by atomic mass is 10.1. The molecule has 1 heterocycles. The molecule has 7 heteroatoms. The van der Waals surface area contributed by atoms with E-state index in [0.717, 1.165) is 0 Å². The molecule has 4 N–H and O–H groups in total. The fourth-order valence-electron chi connectivity index (χ4n) is 1.86. The summed E-state index contributed by atoms with van der Waals surface area (Å²) in [5, 5.41) is 0.659. The second kappa shape index (κ2) is 4.92. The van der Waals surface area contributed by atoms with E-state index in [0.29, 0.717) is 22.3 Å². The van der Waals surface area contributed by atoms with Gasteiger partial charge >= 0.3 is 0 Å². The molecule has 0 unspecified atom stereocenters. The quantitative estimate of drug-likeness (QED) is 0.753. The zero-order valence-corrected chi connectivity index (χ0v) is 12.5. The van der Waals surface area contributed by atoms with E-state index in [2.05, 4.69) is 14.4 Å². The molecule has 2 rings (SSSR count). The van der Waals surface area contributed by atoms with Gasteiger partial charge in [0.15, 0.2) is 0 Å². The molecule has 0 aliphatic heterocycles. The van der Waals surface area contributed by atoms with Crippen molar-refractivity contribution in [1.29, 1.82) is 0 Å². The Labute approximate surface area is 118 Å². The molecule has 0 fully saturated rings. The highest BCUT2D eigenvalue weighted by Gasteiger charge is 2.20. The highest BCUT2D eigenvalue weighted by atomic mass is 32.2. The Kier molecular flexibility index (Phi) is 3.58. The number of pyridine rings is 1.